The number of nitrogens with zero attached hydrogens (tertiary/aromatic N) is 4. The monoisotopic (exact) mass is 363 g/mol. The minimum atomic E-state index is -0.267. The molecule has 4 rings (SSSR count). The van der Waals surface area contributed by atoms with E-state index in [2.05, 4.69) is 20.1 Å². The van der Waals surface area contributed by atoms with Crippen molar-refractivity contribution in [3.05, 3.63) is 66.2 Å². The predicted octanol–water partition coefficient (Wildman–Crippen LogP) is 2.82. The second-order valence-corrected chi connectivity index (χ2v) is 6.46. The number of carbonyl (C=O) groups is 1. The van der Waals surface area contributed by atoms with Gasteiger partial charge in [0.2, 0.25) is 0 Å². The maximum Gasteiger partial charge on any atom is 0.251 e. The predicted molar refractivity (Wildman–Crippen MR) is 103 cm³/mol. The van der Waals surface area contributed by atoms with Crippen molar-refractivity contribution in [1.29, 1.82) is 0 Å². The first kappa shape index (κ1) is 17.2. The van der Waals surface area contributed by atoms with Crippen LogP contribution >= 0.6 is 0 Å². The van der Waals surface area contributed by atoms with Crippen LogP contribution in [-0.4, -0.2) is 38.8 Å². The van der Waals surface area contributed by atoms with E-state index in [1.807, 2.05) is 66.2 Å². The van der Waals surface area contributed by atoms with Crippen molar-refractivity contribution in [2.75, 3.05) is 13.7 Å². The smallest absolute Gasteiger partial charge is 0.251 e. The second-order valence-electron chi connectivity index (χ2n) is 6.46. The van der Waals surface area contributed by atoms with Crippen LogP contribution < -0.4 is 5.32 Å². The molecule has 1 N–H and O–H groups in total. The van der Waals surface area contributed by atoms with Gasteiger partial charge in [-0.15, -0.1) is 10.2 Å². The first-order valence-corrected chi connectivity index (χ1v) is 8.86. The molecule has 7 nitrogen and oxygen atoms in total. The first-order chi connectivity index (χ1) is 13.2. The summed E-state index contributed by atoms with van der Waals surface area (Å²) in [5, 5.41) is 12.4. The molecule has 0 radical (unpaired) electrons. The summed E-state index contributed by atoms with van der Waals surface area (Å²) < 4.78 is 9.13. The Balaban J connectivity index is 1.54. The number of nitrogens with one attached hydrogen (secondary N) is 1. The highest BCUT2D eigenvalue weighted by molar-refractivity contribution is 5.98. The van der Waals surface area contributed by atoms with Crippen LogP contribution in [0.1, 0.15) is 29.1 Å². The minimum Gasteiger partial charge on any atom is -0.383 e. The largest absolute Gasteiger partial charge is 0.383 e. The Morgan fingerprint density at radius 2 is 2.07 bits per heavy atom. The summed E-state index contributed by atoms with van der Waals surface area (Å²) in [6, 6.07) is 13.2. The van der Waals surface area contributed by atoms with E-state index in [0.29, 0.717) is 18.0 Å². The highest BCUT2D eigenvalue weighted by Crippen LogP contribution is 2.19. The quantitative estimate of drug-likeness (QED) is 0.572. The van der Waals surface area contributed by atoms with Crippen molar-refractivity contribution in [3.63, 3.8) is 0 Å². The molecule has 0 aliphatic carbocycles. The number of ether oxygens (including phenoxy) is 1. The summed E-state index contributed by atoms with van der Waals surface area (Å²) in [6.45, 7) is 3.33. The lowest BCUT2D eigenvalue weighted by molar-refractivity contribution is 0.0938. The molecule has 0 saturated heterocycles. The molecule has 1 atom stereocenters. The number of methoxy groups -OCH3 is 1. The second kappa shape index (κ2) is 7.20. The molecule has 138 valence electrons. The number of aromatic nitrogens is 4. The van der Waals surface area contributed by atoms with E-state index < -0.39 is 0 Å². The van der Waals surface area contributed by atoms with Crippen molar-refractivity contribution in [2.45, 2.75) is 19.5 Å². The van der Waals surface area contributed by atoms with Crippen LogP contribution in [0.2, 0.25) is 0 Å². The highest BCUT2D eigenvalue weighted by atomic mass is 16.5. The van der Waals surface area contributed by atoms with Crippen molar-refractivity contribution < 1.29 is 9.53 Å². The molecule has 0 fully saturated rings. The number of carbonyl (C=O) groups excluding carboxylic acids is 1. The van der Waals surface area contributed by atoms with E-state index in [4.69, 9.17) is 4.74 Å². The number of hydrogen-bond donors (Lipinski definition) is 1. The third-order valence-corrected chi connectivity index (χ3v) is 4.64. The highest BCUT2D eigenvalue weighted by Gasteiger charge is 2.17. The van der Waals surface area contributed by atoms with Crippen molar-refractivity contribution in [1.82, 2.24) is 24.5 Å². The number of fused-ring (bicyclic) bond motifs is 2. The van der Waals surface area contributed by atoms with Gasteiger partial charge in [-0.2, -0.15) is 0 Å². The van der Waals surface area contributed by atoms with Gasteiger partial charge in [0.15, 0.2) is 11.5 Å². The van der Waals surface area contributed by atoms with Gasteiger partial charge < -0.3 is 14.6 Å². The van der Waals surface area contributed by atoms with Gasteiger partial charge in [-0.3, -0.25) is 9.20 Å². The van der Waals surface area contributed by atoms with E-state index in [9.17, 15) is 4.79 Å². The molecule has 1 aromatic carbocycles. The Morgan fingerprint density at radius 1 is 1.19 bits per heavy atom. The molecule has 0 saturated carbocycles. The fourth-order valence-corrected chi connectivity index (χ4v) is 3.23. The summed E-state index contributed by atoms with van der Waals surface area (Å²) in [5.41, 5.74) is 2.46. The zero-order valence-electron chi connectivity index (χ0n) is 15.3. The molecule has 0 spiro atoms. The SMILES string of the molecule is COCCn1ccc2cc(C(=O)N[C@@H](C)c3nnc4ccccn34)ccc21. The van der Waals surface area contributed by atoms with Crippen LogP contribution in [0.25, 0.3) is 16.6 Å². The molecule has 3 aromatic heterocycles. The number of rotatable bonds is 6. The Labute approximate surface area is 156 Å². The van der Waals surface area contributed by atoms with E-state index in [-0.39, 0.29) is 11.9 Å². The lowest BCUT2D eigenvalue weighted by Gasteiger charge is -2.13. The fourth-order valence-electron chi connectivity index (χ4n) is 3.23. The van der Waals surface area contributed by atoms with Crippen molar-refractivity contribution in [3.8, 4) is 0 Å². The molecule has 0 aliphatic rings. The van der Waals surface area contributed by atoms with Gasteiger partial charge in [-0.05, 0) is 43.3 Å². The molecule has 3 heterocycles. The summed E-state index contributed by atoms with van der Waals surface area (Å²) in [4.78, 5) is 12.7. The van der Waals surface area contributed by atoms with Gasteiger partial charge in [-0.1, -0.05) is 6.07 Å². The number of benzene rings is 1. The van der Waals surface area contributed by atoms with Crippen molar-refractivity contribution >= 4 is 22.5 Å². The third-order valence-electron chi connectivity index (χ3n) is 4.64. The molecule has 27 heavy (non-hydrogen) atoms. The maximum absolute atomic E-state index is 12.7. The fraction of sp³-hybridized carbons (Fsp3) is 0.250. The van der Waals surface area contributed by atoms with E-state index in [0.717, 1.165) is 23.1 Å². The third kappa shape index (κ3) is 3.29. The topological polar surface area (TPSA) is 73.4 Å². The number of hydrogen-bond acceptors (Lipinski definition) is 4. The van der Waals surface area contributed by atoms with Crippen LogP contribution in [-0.2, 0) is 11.3 Å². The molecular weight excluding hydrogens is 342 g/mol. The lowest BCUT2D eigenvalue weighted by Crippen LogP contribution is -2.28. The zero-order chi connectivity index (χ0) is 18.8. The minimum absolute atomic E-state index is 0.137. The normalized spacial score (nSPS) is 12.5. The zero-order valence-corrected chi connectivity index (χ0v) is 15.3. The van der Waals surface area contributed by atoms with Gasteiger partial charge >= 0.3 is 0 Å². The van der Waals surface area contributed by atoms with Crippen LogP contribution in [0.3, 0.4) is 0 Å². The average molecular weight is 363 g/mol. The Kier molecular flexibility index (Phi) is 4.60. The van der Waals surface area contributed by atoms with Gasteiger partial charge in [0.05, 0.1) is 12.6 Å². The summed E-state index contributed by atoms with van der Waals surface area (Å²) >= 11 is 0. The van der Waals surface area contributed by atoms with Gasteiger partial charge in [-0.25, -0.2) is 0 Å². The number of amides is 1. The summed E-state index contributed by atoms with van der Waals surface area (Å²) in [6.07, 6.45) is 3.90. The lowest BCUT2D eigenvalue weighted by atomic mass is 10.1. The van der Waals surface area contributed by atoms with Gasteiger partial charge in [0.1, 0.15) is 0 Å². The molecular formula is C20H21N5O2. The van der Waals surface area contributed by atoms with Gasteiger partial charge in [0.25, 0.3) is 5.91 Å². The molecule has 1 amide bonds. The standard InChI is InChI=1S/C20H21N5O2/c1-14(19-23-22-18-5-3-4-9-25(18)19)21-20(26)16-6-7-17-15(13-16)8-10-24(17)11-12-27-2/h3-10,13-14H,11-12H2,1-2H3,(H,21,26)/t14-/m0/s1. The Morgan fingerprint density at radius 3 is 2.93 bits per heavy atom. The van der Waals surface area contributed by atoms with Crippen LogP contribution in [0, 0.1) is 0 Å². The van der Waals surface area contributed by atoms with E-state index in [1.165, 1.54) is 0 Å². The van der Waals surface area contributed by atoms with Gasteiger partial charge in [0, 0.05) is 42.5 Å². The maximum atomic E-state index is 12.7. The van der Waals surface area contributed by atoms with E-state index >= 15 is 0 Å². The van der Waals surface area contributed by atoms with Crippen LogP contribution in [0.4, 0.5) is 0 Å². The van der Waals surface area contributed by atoms with Crippen molar-refractivity contribution in [2.24, 2.45) is 0 Å². The summed E-state index contributed by atoms with van der Waals surface area (Å²) in [5.74, 6) is 0.562. The van der Waals surface area contributed by atoms with E-state index in [1.54, 1.807) is 7.11 Å². The Hall–Kier alpha value is -3.19. The summed E-state index contributed by atoms with van der Waals surface area (Å²) in [7, 11) is 1.69. The Bertz CT molecular complexity index is 1100. The molecule has 0 aliphatic heterocycles. The molecule has 4 aromatic rings. The number of pyridine rings is 1. The molecule has 7 heteroatoms. The average Bonchev–Trinajstić information content (AvgIpc) is 3.30. The molecule has 0 bridgehead atoms. The van der Waals surface area contributed by atoms with Crippen LogP contribution in [0.5, 0.6) is 0 Å². The molecule has 0 unspecified atom stereocenters. The first-order valence-electron chi connectivity index (χ1n) is 8.86. The van der Waals surface area contributed by atoms with Crippen LogP contribution in [0.15, 0.2) is 54.9 Å².